The van der Waals surface area contributed by atoms with Crippen LogP contribution in [0.15, 0.2) is 23.6 Å². The van der Waals surface area contributed by atoms with Gasteiger partial charge >= 0.3 is 0 Å². The molecule has 1 atom stereocenters. The maximum Gasteiger partial charge on any atom is 0.260 e. The summed E-state index contributed by atoms with van der Waals surface area (Å²) < 4.78 is 30.6. The molecule has 10 nitrogen and oxygen atoms in total. The van der Waals surface area contributed by atoms with E-state index in [1.807, 2.05) is 17.8 Å². The third kappa shape index (κ3) is 3.64. The lowest BCUT2D eigenvalue weighted by molar-refractivity contribution is -0.133. The van der Waals surface area contributed by atoms with Gasteiger partial charge in [-0.1, -0.05) is 0 Å². The van der Waals surface area contributed by atoms with Gasteiger partial charge < -0.3 is 19.4 Å². The monoisotopic (exact) mass is 381 g/mol. The average Bonchev–Trinajstić information content (AvgIpc) is 3.19. The number of nitrogens with one attached hydrogen (secondary N) is 2. The maximum atomic E-state index is 12.7. The molecule has 2 aromatic rings. The molecule has 1 aliphatic rings. The van der Waals surface area contributed by atoms with Gasteiger partial charge in [-0.25, -0.2) is 23.1 Å². The molecule has 0 radical (unpaired) electrons. The van der Waals surface area contributed by atoms with Crippen molar-refractivity contribution in [1.82, 2.24) is 34.0 Å². The predicted molar refractivity (Wildman–Crippen MR) is 93.7 cm³/mol. The van der Waals surface area contributed by atoms with Gasteiger partial charge in [-0.3, -0.25) is 4.79 Å². The van der Waals surface area contributed by atoms with E-state index >= 15 is 0 Å². The number of carbonyl (C=O) groups excluding carboxylic acids is 1. The third-order valence-corrected chi connectivity index (χ3v) is 5.77. The number of amides is 1. The molecule has 1 amide bonds. The summed E-state index contributed by atoms with van der Waals surface area (Å²) in [5, 5.41) is 3.15. The molecule has 11 heteroatoms. The van der Waals surface area contributed by atoms with E-state index in [-0.39, 0.29) is 23.5 Å². The van der Waals surface area contributed by atoms with Crippen molar-refractivity contribution in [2.45, 2.75) is 18.0 Å². The summed E-state index contributed by atoms with van der Waals surface area (Å²) in [6.07, 6.45) is 4.92. The van der Waals surface area contributed by atoms with E-state index in [9.17, 15) is 13.2 Å². The lowest BCUT2D eigenvalue weighted by Gasteiger charge is -2.35. The van der Waals surface area contributed by atoms with Crippen molar-refractivity contribution < 1.29 is 13.2 Å². The van der Waals surface area contributed by atoms with Gasteiger partial charge in [0.1, 0.15) is 17.7 Å². The number of nitrogens with zero attached hydrogens (tertiary/aromatic N) is 5. The Morgan fingerprint density at radius 2 is 2.15 bits per heavy atom. The molecule has 1 aliphatic heterocycles. The van der Waals surface area contributed by atoms with E-state index in [1.54, 1.807) is 29.6 Å². The molecule has 0 spiro atoms. The van der Waals surface area contributed by atoms with Crippen LogP contribution in [-0.4, -0.2) is 64.5 Å². The number of hydrogen-bond donors (Lipinski definition) is 2. The van der Waals surface area contributed by atoms with Gasteiger partial charge in [0, 0.05) is 52.3 Å². The minimum atomic E-state index is -3.84. The predicted octanol–water partition coefficient (Wildman–Crippen LogP) is -1.09. The molecule has 1 saturated heterocycles. The first kappa shape index (κ1) is 18.5. The summed E-state index contributed by atoms with van der Waals surface area (Å²) in [6, 6.07) is -0.238. The molecule has 142 valence electrons. The van der Waals surface area contributed by atoms with Crippen LogP contribution in [-0.2, 0) is 28.9 Å². The standard InChI is InChI=1S/C15H23N7O3S/c1-11-19-13(10-21(11)3)26(24,25)18-9-14(23)22-7-4-16-8-12(22)15-17-5-6-20(15)2/h5-6,10,12,16,18H,4,7-9H2,1-3H3. The van der Waals surface area contributed by atoms with Crippen molar-refractivity contribution in [3.05, 3.63) is 30.2 Å². The van der Waals surface area contributed by atoms with Crippen LogP contribution < -0.4 is 10.0 Å². The number of imidazole rings is 2. The molecule has 2 N–H and O–H groups in total. The summed E-state index contributed by atoms with van der Waals surface area (Å²) in [5.41, 5.74) is 0. The van der Waals surface area contributed by atoms with Gasteiger partial charge in [-0.15, -0.1) is 0 Å². The summed E-state index contributed by atoms with van der Waals surface area (Å²) >= 11 is 0. The zero-order valence-corrected chi connectivity index (χ0v) is 15.8. The molecule has 3 rings (SSSR count). The van der Waals surface area contributed by atoms with Crippen LogP contribution in [0.5, 0.6) is 0 Å². The number of sulfonamides is 1. The molecular formula is C15H23N7O3S. The lowest BCUT2D eigenvalue weighted by Crippen LogP contribution is -2.52. The van der Waals surface area contributed by atoms with Gasteiger partial charge in [0.05, 0.1) is 6.54 Å². The summed E-state index contributed by atoms with van der Waals surface area (Å²) in [5.74, 6) is 1.04. The van der Waals surface area contributed by atoms with E-state index in [1.165, 1.54) is 6.20 Å². The minimum Gasteiger partial charge on any atom is -0.337 e. The number of carbonyl (C=O) groups is 1. The Bertz CT molecular complexity index is 883. The number of aryl methyl sites for hydroxylation is 3. The third-order valence-electron chi connectivity index (χ3n) is 4.50. The topological polar surface area (TPSA) is 114 Å². The highest BCUT2D eigenvalue weighted by Crippen LogP contribution is 2.20. The minimum absolute atomic E-state index is 0.0914. The number of aromatic nitrogens is 4. The van der Waals surface area contributed by atoms with Crippen molar-refractivity contribution in [1.29, 1.82) is 0 Å². The highest BCUT2D eigenvalue weighted by molar-refractivity contribution is 7.89. The van der Waals surface area contributed by atoms with Gasteiger partial charge in [-0.2, -0.15) is 0 Å². The highest BCUT2D eigenvalue weighted by atomic mass is 32.2. The molecule has 3 heterocycles. The fraction of sp³-hybridized carbons (Fsp3) is 0.533. The lowest BCUT2D eigenvalue weighted by atomic mass is 10.1. The molecule has 0 bridgehead atoms. The Morgan fingerprint density at radius 1 is 1.38 bits per heavy atom. The zero-order chi connectivity index (χ0) is 18.9. The van der Waals surface area contributed by atoms with E-state index in [0.717, 1.165) is 5.82 Å². The van der Waals surface area contributed by atoms with Crippen LogP contribution in [0.4, 0.5) is 0 Å². The second kappa shape index (κ2) is 7.17. The number of hydrogen-bond acceptors (Lipinski definition) is 6. The molecular weight excluding hydrogens is 358 g/mol. The van der Waals surface area contributed by atoms with E-state index in [4.69, 9.17) is 0 Å². The molecule has 0 saturated carbocycles. The SMILES string of the molecule is Cc1nc(S(=O)(=O)NCC(=O)N2CCNCC2c2nccn2C)cn1C. The van der Waals surface area contributed by atoms with Gasteiger partial charge in [-0.05, 0) is 6.92 Å². The molecule has 0 aliphatic carbocycles. The van der Waals surface area contributed by atoms with Gasteiger partial charge in [0.2, 0.25) is 5.91 Å². The van der Waals surface area contributed by atoms with Crippen molar-refractivity contribution in [2.75, 3.05) is 26.2 Å². The molecule has 1 unspecified atom stereocenters. The second-order valence-electron chi connectivity index (χ2n) is 6.27. The van der Waals surface area contributed by atoms with Crippen LogP contribution in [0.3, 0.4) is 0 Å². The highest BCUT2D eigenvalue weighted by Gasteiger charge is 2.31. The summed E-state index contributed by atoms with van der Waals surface area (Å²) in [6.45, 7) is 3.10. The molecule has 2 aromatic heterocycles. The fourth-order valence-corrected chi connectivity index (χ4v) is 3.93. The summed E-state index contributed by atoms with van der Waals surface area (Å²) in [4.78, 5) is 22.7. The van der Waals surface area contributed by atoms with Crippen LogP contribution in [0, 0.1) is 6.92 Å². The van der Waals surface area contributed by atoms with Gasteiger partial charge in [0.25, 0.3) is 10.0 Å². The Hall–Kier alpha value is -2.24. The Labute approximate surface area is 152 Å². The molecule has 0 aromatic carbocycles. The first-order valence-corrected chi connectivity index (χ1v) is 9.75. The Kier molecular flexibility index (Phi) is 5.12. The van der Waals surface area contributed by atoms with Crippen molar-refractivity contribution in [3.8, 4) is 0 Å². The first-order valence-electron chi connectivity index (χ1n) is 8.26. The van der Waals surface area contributed by atoms with Gasteiger partial charge in [0.15, 0.2) is 5.03 Å². The van der Waals surface area contributed by atoms with Crippen molar-refractivity contribution in [2.24, 2.45) is 14.1 Å². The van der Waals surface area contributed by atoms with Crippen LogP contribution in [0.1, 0.15) is 17.7 Å². The first-order chi connectivity index (χ1) is 12.3. The van der Waals surface area contributed by atoms with Crippen molar-refractivity contribution in [3.63, 3.8) is 0 Å². The quantitative estimate of drug-likeness (QED) is 0.681. The van der Waals surface area contributed by atoms with Crippen LogP contribution >= 0.6 is 0 Å². The van der Waals surface area contributed by atoms with E-state index in [2.05, 4.69) is 20.0 Å². The fourth-order valence-electron chi connectivity index (χ4n) is 2.92. The van der Waals surface area contributed by atoms with E-state index < -0.39 is 10.0 Å². The Balaban J connectivity index is 1.71. The van der Waals surface area contributed by atoms with Crippen LogP contribution in [0.2, 0.25) is 0 Å². The second-order valence-corrected chi connectivity index (χ2v) is 7.98. The Morgan fingerprint density at radius 3 is 2.77 bits per heavy atom. The maximum absolute atomic E-state index is 12.7. The smallest absolute Gasteiger partial charge is 0.260 e. The number of rotatable bonds is 5. The molecule has 1 fully saturated rings. The van der Waals surface area contributed by atoms with E-state index in [0.29, 0.717) is 25.5 Å². The summed E-state index contributed by atoms with van der Waals surface area (Å²) in [7, 11) is -0.261. The van der Waals surface area contributed by atoms with Crippen LogP contribution in [0.25, 0.3) is 0 Å². The average molecular weight is 381 g/mol. The number of piperazine rings is 1. The largest absolute Gasteiger partial charge is 0.337 e. The zero-order valence-electron chi connectivity index (χ0n) is 15.0. The normalized spacial score (nSPS) is 18.3. The van der Waals surface area contributed by atoms with Crippen molar-refractivity contribution >= 4 is 15.9 Å². The molecule has 26 heavy (non-hydrogen) atoms.